The summed E-state index contributed by atoms with van der Waals surface area (Å²) in [5, 5.41) is 0. The highest BCUT2D eigenvalue weighted by atomic mass is 79.9. The van der Waals surface area contributed by atoms with Gasteiger partial charge in [-0.2, -0.15) is 0 Å². The molecule has 0 aromatic heterocycles. The molecule has 1 atom stereocenters. The molecule has 0 radical (unpaired) electrons. The van der Waals surface area contributed by atoms with Gasteiger partial charge in [0.15, 0.2) is 0 Å². The minimum atomic E-state index is -0.00166. The van der Waals surface area contributed by atoms with Gasteiger partial charge in [-0.1, -0.05) is 33.6 Å². The van der Waals surface area contributed by atoms with Gasteiger partial charge >= 0.3 is 0 Å². The van der Waals surface area contributed by atoms with Crippen molar-refractivity contribution in [2.45, 2.75) is 25.1 Å². The number of halogens is 1. The molecule has 1 aromatic rings. The Hall–Kier alpha value is -0.830. The van der Waals surface area contributed by atoms with Gasteiger partial charge in [0.1, 0.15) is 0 Å². The average molecular weight is 268 g/mol. The summed E-state index contributed by atoms with van der Waals surface area (Å²) in [5.41, 5.74) is 3.45. The number of rotatable bonds is 1. The van der Waals surface area contributed by atoms with E-state index in [2.05, 4.69) is 41.9 Å². The highest BCUT2D eigenvalue weighted by Crippen LogP contribution is 2.28. The highest BCUT2D eigenvalue weighted by Gasteiger charge is 2.30. The molecule has 1 heterocycles. The number of carbonyl (C=O) groups is 1. The molecule has 15 heavy (non-hydrogen) atoms. The lowest BCUT2D eigenvalue weighted by atomic mass is 10.1. The quantitative estimate of drug-likeness (QED) is 0.717. The number of carbonyl (C=O) groups excluding carboxylic acids is 1. The minimum absolute atomic E-state index is 0.00166. The average Bonchev–Trinajstić information content (AvgIpc) is 2.49. The van der Waals surface area contributed by atoms with Crippen LogP contribution in [0.4, 0.5) is 5.69 Å². The SMILES string of the molecule is Cc1ccc(N2CCC(Br)C2=O)c(C)c1. The van der Waals surface area contributed by atoms with Crippen molar-refractivity contribution in [3.8, 4) is 0 Å². The topological polar surface area (TPSA) is 20.3 Å². The Morgan fingerprint density at radius 3 is 2.67 bits per heavy atom. The first-order valence-corrected chi connectivity index (χ1v) is 6.04. The maximum Gasteiger partial charge on any atom is 0.240 e. The number of aryl methyl sites for hydroxylation is 2. The molecule has 0 saturated carbocycles. The van der Waals surface area contributed by atoms with Gasteiger partial charge in [0, 0.05) is 12.2 Å². The van der Waals surface area contributed by atoms with Gasteiger partial charge in [-0.15, -0.1) is 0 Å². The molecule has 0 bridgehead atoms. The van der Waals surface area contributed by atoms with Crippen LogP contribution in [0.2, 0.25) is 0 Å². The predicted molar refractivity (Wildman–Crippen MR) is 65.6 cm³/mol. The zero-order valence-corrected chi connectivity index (χ0v) is 10.5. The lowest BCUT2D eigenvalue weighted by molar-refractivity contribution is -0.116. The molecular formula is C12H14BrNO. The van der Waals surface area contributed by atoms with E-state index in [0.29, 0.717) is 0 Å². The van der Waals surface area contributed by atoms with Crippen LogP contribution in [0.1, 0.15) is 17.5 Å². The molecule has 0 aliphatic carbocycles. The number of benzene rings is 1. The van der Waals surface area contributed by atoms with E-state index < -0.39 is 0 Å². The third-order valence-electron chi connectivity index (χ3n) is 2.78. The molecule has 1 aromatic carbocycles. The van der Waals surface area contributed by atoms with Crippen LogP contribution in [0, 0.1) is 13.8 Å². The Labute approximate surface area is 98.4 Å². The number of amides is 1. The van der Waals surface area contributed by atoms with Crippen LogP contribution in [-0.2, 0) is 4.79 Å². The van der Waals surface area contributed by atoms with Crippen LogP contribution < -0.4 is 4.90 Å². The van der Waals surface area contributed by atoms with Crippen molar-refractivity contribution < 1.29 is 4.79 Å². The summed E-state index contributed by atoms with van der Waals surface area (Å²) in [6.45, 7) is 4.94. The van der Waals surface area contributed by atoms with Gasteiger partial charge in [0.05, 0.1) is 4.83 Å². The van der Waals surface area contributed by atoms with Crippen molar-refractivity contribution in [3.05, 3.63) is 29.3 Å². The van der Waals surface area contributed by atoms with Crippen molar-refractivity contribution in [1.82, 2.24) is 0 Å². The van der Waals surface area contributed by atoms with Gasteiger partial charge in [-0.3, -0.25) is 4.79 Å². The van der Waals surface area contributed by atoms with Gasteiger partial charge in [0.2, 0.25) is 5.91 Å². The van der Waals surface area contributed by atoms with Gasteiger partial charge in [-0.05, 0) is 31.9 Å². The first-order chi connectivity index (χ1) is 7.09. The number of hydrogen-bond acceptors (Lipinski definition) is 1. The summed E-state index contributed by atoms with van der Waals surface area (Å²) >= 11 is 3.39. The molecule has 1 aliphatic heterocycles. The summed E-state index contributed by atoms with van der Waals surface area (Å²) in [4.78, 5) is 13.7. The van der Waals surface area contributed by atoms with E-state index in [1.165, 1.54) is 11.1 Å². The molecule has 1 amide bonds. The van der Waals surface area contributed by atoms with Crippen LogP contribution in [0.25, 0.3) is 0 Å². The summed E-state index contributed by atoms with van der Waals surface area (Å²) in [6.07, 6.45) is 0.895. The molecular weight excluding hydrogens is 254 g/mol. The van der Waals surface area contributed by atoms with Crippen molar-refractivity contribution in [3.63, 3.8) is 0 Å². The number of anilines is 1. The van der Waals surface area contributed by atoms with E-state index in [1.54, 1.807) is 0 Å². The fraction of sp³-hybridized carbons (Fsp3) is 0.417. The molecule has 0 spiro atoms. The normalized spacial score (nSPS) is 21.1. The smallest absolute Gasteiger partial charge is 0.240 e. The van der Waals surface area contributed by atoms with Gasteiger partial charge in [-0.25, -0.2) is 0 Å². The Kier molecular flexibility index (Phi) is 2.83. The van der Waals surface area contributed by atoms with Crippen LogP contribution in [-0.4, -0.2) is 17.3 Å². The summed E-state index contributed by atoms with van der Waals surface area (Å²) in [6, 6.07) is 6.20. The molecule has 1 saturated heterocycles. The Morgan fingerprint density at radius 1 is 1.40 bits per heavy atom. The van der Waals surface area contributed by atoms with Crippen LogP contribution in [0.15, 0.2) is 18.2 Å². The summed E-state index contributed by atoms with van der Waals surface area (Å²) in [7, 11) is 0. The maximum atomic E-state index is 11.8. The Morgan fingerprint density at radius 2 is 2.13 bits per heavy atom. The van der Waals surface area contributed by atoms with Crippen molar-refractivity contribution in [2.24, 2.45) is 0 Å². The zero-order valence-electron chi connectivity index (χ0n) is 8.96. The van der Waals surface area contributed by atoms with E-state index >= 15 is 0 Å². The number of hydrogen-bond donors (Lipinski definition) is 0. The summed E-state index contributed by atoms with van der Waals surface area (Å²) in [5.74, 6) is 0.182. The van der Waals surface area contributed by atoms with Crippen molar-refractivity contribution in [2.75, 3.05) is 11.4 Å². The molecule has 3 heteroatoms. The Balaban J connectivity index is 2.34. The molecule has 1 fully saturated rings. The monoisotopic (exact) mass is 267 g/mol. The first-order valence-electron chi connectivity index (χ1n) is 5.12. The fourth-order valence-corrected chi connectivity index (χ4v) is 2.44. The second-order valence-electron chi connectivity index (χ2n) is 4.04. The number of alkyl halides is 1. The molecule has 80 valence electrons. The van der Waals surface area contributed by atoms with E-state index in [9.17, 15) is 4.79 Å². The Bertz CT molecular complexity index is 403. The van der Waals surface area contributed by atoms with Crippen LogP contribution in [0.3, 0.4) is 0 Å². The second kappa shape index (κ2) is 3.97. The molecule has 0 N–H and O–H groups in total. The van der Waals surface area contributed by atoms with Crippen LogP contribution >= 0.6 is 15.9 Å². The molecule has 2 nitrogen and oxygen atoms in total. The maximum absolute atomic E-state index is 11.8. The van der Waals surface area contributed by atoms with E-state index in [0.717, 1.165) is 18.7 Å². The van der Waals surface area contributed by atoms with E-state index in [1.807, 2.05) is 11.0 Å². The zero-order chi connectivity index (χ0) is 11.0. The minimum Gasteiger partial charge on any atom is -0.311 e. The lowest BCUT2D eigenvalue weighted by Gasteiger charge is -2.18. The first kappa shape index (κ1) is 10.7. The largest absolute Gasteiger partial charge is 0.311 e. The fourth-order valence-electron chi connectivity index (χ4n) is 1.99. The molecule has 1 unspecified atom stereocenters. The molecule has 1 aliphatic rings. The van der Waals surface area contributed by atoms with E-state index in [4.69, 9.17) is 0 Å². The highest BCUT2D eigenvalue weighted by molar-refractivity contribution is 9.10. The summed E-state index contributed by atoms with van der Waals surface area (Å²) < 4.78 is 0. The van der Waals surface area contributed by atoms with E-state index in [-0.39, 0.29) is 10.7 Å². The van der Waals surface area contributed by atoms with Gasteiger partial charge < -0.3 is 4.90 Å². The standard InChI is InChI=1S/C12H14BrNO/c1-8-3-4-11(9(2)7-8)14-6-5-10(13)12(14)15/h3-4,7,10H,5-6H2,1-2H3. The third-order valence-corrected chi connectivity index (χ3v) is 3.63. The number of nitrogens with zero attached hydrogens (tertiary/aromatic N) is 1. The van der Waals surface area contributed by atoms with Crippen molar-refractivity contribution >= 4 is 27.5 Å². The third kappa shape index (κ3) is 1.93. The van der Waals surface area contributed by atoms with Crippen LogP contribution in [0.5, 0.6) is 0 Å². The van der Waals surface area contributed by atoms with Gasteiger partial charge in [0.25, 0.3) is 0 Å². The molecule has 2 rings (SSSR count). The predicted octanol–water partition coefficient (Wildman–Crippen LogP) is 2.80. The lowest BCUT2D eigenvalue weighted by Crippen LogP contribution is -2.27. The second-order valence-corrected chi connectivity index (χ2v) is 5.14. The van der Waals surface area contributed by atoms with Crippen molar-refractivity contribution in [1.29, 1.82) is 0 Å².